The zero-order valence-corrected chi connectivity index (χ0v) is 14.3. The summed E-state index contributed by atoms with van der Waals surface area (Å²) in [7, 11) is 0. The molecular formula is C21H15NO5. The first-order valence-corrected chi connectivity index (χ1v) is 8.24. The number of nitrogens with zero attached hydrogens (tertiary/aromatic N) is 1. The van der Waals surface area contributed by atoms with E-state index < -0.39 is 11.4 Å². The third-order valence-electron chi connectivity index (χ3n) is 4.44. The molecule has 0 bridgehead atoms. The predicted molar refractivity (Wildman–Crippen MR) is 97.0 cm³/mol. The lowest BCUT2D eigenvalue weighted by Crippen LogP contribution is -2.30. The second-order valence-electron chi connectivity index (χ2n) is 6.16. The van der Waals surface area contributed by atoms with E-state index in [9.17, 15) is 20.1 Å². The lowest BCUT2D eigenvalue weighted by molar-refractivity contribution is -0.595. The zero-order valence-electron chi connectivity index (χ0n) is 14.3. The summed E-state index contributed by atoms with van der Waals surface area (Å²) in [5.74, 6) is -1.07. The van der Waals surface area contributed by atoms with Crippen molar-refractivity contribution in [1.29, 1.82) is 0 Å². The van der Waals surface area contributed by atoms with Crippen LogP contribution in [0.3, 0.4) is 0 Å². The third kappa shape index (κ3) is 2.58. The van der Waals surface area contributed by atoms with Gasteiger partial charge in [-0.3, -0.25) is 0 Å². The smallest absolute Gasteiger partial charge is 0.343 e. The summed E-state index contributed by atoms with van der Waals surface area (Å²) in [6.45, 7) is 1.74. The predicted octanol–water partition coefficient (Wildman–Crippen LogP) is 2.53. The summed E-state index contributed by atoms with van der Waals surface area (Å²) in [5, 5.41) is 34.2. The fraction of sp³-hybridized carbons (Fsp3) is 0.0476. The van der Waals surface area contributed by atoms with E-state index in [1.165, 1.54) is 16.7 Å². The second-order valence-corrected chi connectivity index (χ2v) is 6.16. The van der Waals surface area contributed by atoms with Crippen molar-refractivity contribution >= 4 is 11.0 Å². The molecule has 0 saturated carbocycles. The Morgan fingerprint density at radius 1 is 0.926 bits per heavy atom. The number of hydrogen-bond donors (Lipinski definition) is 2. The molecule has 2 aromatic carbocycles. The molecule has 0 amide bonds. The number of fused-ring (bicyclic) bond motifs is 1. The van der Waals surface area contributed by atoms with Gasteiger partial charge in [-0.1, -0.05) is 30.0 Å². The highest BCUT2D eigenvalue weighted by Gasteiger charge is 2.26. The van der Waals surface area contributed by atoms with E-state index in [4.69, 9.17) is 4.42 Å². The molecule has 0 fully saturated rings. The van der Waals surface area contributed by atoms with Crippen LogP contribution in [-0.2, 0) is 0 Å². The Morgan fingerprint density at radius 2 is 1.63 bits per heavy atom. The molecule has 0 aliphatic heterocycles. The van der Waals surface area contributed by atoms with E-state index in [1.54, 1.807) is 55.7 Å². The summed E-state index contributed by atoms with van der Waals surface area (Å²) in [6, 6.07) is 12.7. The van der Waals surface area contributed by atoms with Gasteiger partial charge < -0.3 is 19.7 Å². The Morgan fingerprint density at radius 3 is 2.37 bits per heavy atom. The van der Waals surface area contributed by atoms with Gasteiger partial charge in [0.2, 0.25) is 0 Å². The van der Waals surface area contributed by atoms with Crippen LogP contribution in [0.15, 0.2) is 70.1 Å². The minimum Gasteiger partial charge on any atom is -0.871 e. The van der Waals surface area contributed by atoms with E-state index in [0.717, 1.165) is 0 Å². The molecule has 2 aromatic heterocycles. The molecule has 0 unspecified atom stereocenters. The maximum absolute atomic E-state index is 13.1. The molecule has 4 rings (SSSR count). The fourth-order valence-electron chi connectivity index (χ4n) is 3.18. The number of aryl methyl sites for hydroxylation is 1. The number of benzene rings is 2. The standard InChI is InChI=1S/C21H15NO5/c1-12-6-5-7-13-19(25)17(21(26)27-20(12)13)16-14(23)8-9-15(24)18(16)22-10-3-2-4-11-22/h2-11H,1H3,(H2-,23,24,25,26). The largest absolute Gasteiger partial charge is 0.871 e. The van der Waals surface area contributed by atoms with Crippen LogP contribution in [0.25, 0.3) is 27.8 Å². The number of rotatable bonds is 2. The van der Waals surface area contributed by atoms with Crippen LogP contribution in [0.4, 0.5) is 0 Å². The van der Waals surface area contributed by atoms with Crippen LogP contribution in [0.1, 0.15) is 5.56 Å². The van der Waals surface area contributed by atoms with Crippen molar-refractivity contribution in [2.75, 3.05) is 0 Å². The van der Waals surface area contributed by atoms with Gasteiger partial charge in [0.1, 0.15) is 16.9 Å². The van der Waals surface area contributed by atoms with E-state index in [0.29, 0.717) is 5.56 Å². The SMILES string of the molecule is Cc1cccc2c([O-])c(-c3c(O)ccc(O)c3-[n+]3ccccc3)c(=O)oc12. The van der Waals surface area contributed by atoms with Crippen molar-refractivity contribution in [3.05, 3.63) is 76.9 Å². The van der Waals surface area contributed by atoms with Gasteiger partial charge in [0.15, 0.2) is 18.1 Å². The first-order valence-electron chi connectivity index (χ1n) is 8.24. The number of pyridine rings is 1. The van der Waals surface area contributed by atoms with Crippen LogP contribution in [0.5, 0.6) is 17.2 Å². The molecule has 0 saturated heterocycles. The van der Waals surface area contributed by atoms with Gasteiger partial charge in [-0.05, 0) is 24.6 Å². The van der Waals surface area contributed by atoms with Gasteiger partial charge in [0.05, 0.1) is 5.56 Å². The van der Waals surface area contributed by atoms with Crippen LogP contribution in [-0.4, -0.2) is 10.2 Å². The summed E-state index contributed by atoms with van der Waals surface area (Å²) in [4.78, 5) is 12.7. The van der Waals surface area contributed by atoms with Crippen molar-refractivity contribution in [2.24, 2.45) is 0 Å². The minimum atomic E-state index is -0.875. The van der Waals surface area contributed by atoms with Gasteiger partial charge in [-0.15, -0.1) is 0 Å². The Balaban J connectivity index is 2.15. The molecular weight excluding hydrogens is 346 g/mol. The number of phenolic OH excluding ortho intramolecular Hbond substituents is 2. The highest BCUT2D eigenvalue weighted by molar-refractivity contribution is 5.94. The maximum atomic E-state index is 13.1. The molecule has 0 atom stereocenters. The highest BCUT2D eigenvalue weighted by Crippen LogP contribution is 2.41. The van der Waals surface area contributed by atoms with E-state index in [1.807, 2.05) is 0 Å². The van der Waals surface area contributed by atoms with Crippen molar-refractivity contribution in [1.82, 2.24) is 0 Å². The van der Waals surface area contributed by atoms with Gasteiger partial charge in [-0.2, -0.15) is 4.57 Å². The van der Waals surface area contributed by atoms with Gasteiger partial charge in [-0.25, -0.2) is 4.79 Å². The van der Waals surface area contributed by atoms with Crippen molar-refractivity contribution < 1.29 is 24.3 Å². The lowest BCUT2D eigenvalue weighted by Gasteiger charge is -2.17. The monoisotopic (exact) mass is 361 g/mol. The molecule has 4 aromatic rings. The summed E-state index contributed by atoms with van der Waals surface area (Å²) in [6.07, 6.45) is 3.27. The van der Waals surface area contributed by atoms with Gasteiger partial charge in [0.25, 0.3) is 5.69 Å². The van der Waals surface area contributed by atoms with Crippen molar-refractivity contribution in [3.63, 3.8) is 0 Å². The number of aromatic nitrogens is 1. The zero-order chi connectivity index (χ0) is 19.1. The number of aromatic hydroxyl groups is 2. The molecule has 0 spiro atoms. The molecule has 6 heteroatoms. The van der Waals surface area contributed by atoms with Crippen molar-refractivity contribution in [3.8, 4) is 34.1 Å². The van der Waals surface area contributed by atoms with Crippen LogP contribution >= 0.6 is 0 Å². The number of para-hydroxylation sites is 1. The number of hydrogen-bond acceptors (Lipinski definition) is 5. The van der Waals surface area contributed by atoms with Crippen LogP contribution in [0.2, 0.25) is 0 Å². The molecule has 0 aliphatic rings. The Kier molecular flexibility index (Phi) is 3.81. The molecule has 2 heterocycles. The Labute approximate surface area is 153 Å². The lowest BCUT2D eigenvalue weighted by atomic mass is 9.99. The molecule has 134 valence electrons. The van der Waals surface area contributed by atoms with Gasteiger partial charge >= 0.3 is 5.63 Å². The summed E-state index contributed by atoms with van der Waals surface area (Å²) in [5.41, 5.74) is -0.287. The van der Waals surface area contributed by atoms with E-state index >= 15 is 0 Å². The van der Waals surface area contributed by atoms with Crippen molar-refractivity contribution in [2.45, 2.75) is 6.92 Å². The quantitative estimate of drug-likeness (QED) is 0.325. The Bertz CT molecular complexity index is 1230. The minimum absolute atomic E-state index is 0.0756. The molecule has 6 nitrogen and oxygen atoms in total. The molecule has 2 N–H and O–H groups in total. The topological polar surface area (TPSA) is 97.6 Å². The van der Waals surface area contributed by atoms with Gasteiger partial charge in [0, 0.05) is 17.5 Å². The highest BCUT2D eigenvalue weighted by atomic mass is 16.4. The Hall–Kier alpha value is -3.80. The second kappa shape index (κ2) is 6.17. The molecule has 0 radical (unpaired) electrons. The van der Waals surface area contributed by atoms with Crippen LogP contribution < -0.4 is 15.3 Å². The summed E-state index contributed by atoms with van der Waals surface area (Å²) < 4.78 is 6.90. The average molecular weight is 361 g/mol. The van der Waals surface area contributed by atoms with E-state index in [2.05, 4.69) is 0 Å². The van der Waals surface area contributed by atoms with E-state index in [-0.39, 0.29) is 39.3 Å². The first kappa shape index (κ1) is 16.7. The first-order chi connectivity index (χ1) is 13.0. The maximum Gasteiger partial charge on any atom is 0.343 e. The van der Waals surface area contributed by atoms with Crippen LogP contribution in [0, 0.1) is 6.92 Å². The summed E-state index contributed by atoms with van der Waals surface area (Å²) >= 11 is 0. The fourth-order valence-corrected chi connectivity index (χ4v) is 3.18. The molecule has 0 aliphatic carbocycles. The molecule has 27 heavy (non-hydrogen) atoms. The number of phenols is 2. The average Bonchev–Trinajstić information content (AvgIpc) is 2.66. The third-order valence-corrected chi connectivity index (χ3v) is 4.44. The normalized spacial score (nSPS) is 11.0.